The molecule has 0 aliphatic carbocycles. The molecule has 3 aromatic carbocycles. The molecule has 0 saturated heterocycles. The van der Waals surface area contributed by atoms with Gasteiger partial charge in [0.25, 0.3) is 5.56 Å². The molecular weight excluding hydrogens is 536 g/mol. The lowest BCUT2D eigenvalue weighted by molar-refractivity contribution is 0.0724. The predicted octanol–water partition coefficient (Wildman–Crippen LogP) is 5.01. The van der Waals surface area contributed by atoms with Crippen molar-refractivity contribution in [3.8, 4) is 23.1 Å². The van der Waals surface area contributed by atoms with E-state index in [-0.39, 0.29) is 28.5 Å². The average Bonchev–Trinajstić information content (AvgIpc) is 2.86. The molecule has 0 fully saturated rings. The number of rotatable bonds is 6. The predicted molar refractivity (Wildman–Crippen MR) is 132 cm³/mol. The van der Waals surface area contributed by atoms with Gasteiger partial charge in [0, 0.05) is 15.6 Å². The third kappa shape index (κ3) is 5.34. The quantitative estimate of drug-likeness (QED) is 0.151. The summed E-state index contributed by atoms with van der Waals surface area (Å²) in [7, 11) is 0. The number of aromatic nitrogens is 2. The Morgan fingerprint density at radius 1 is 1.11 bits per heavy atom. The number of nitrogens with one attached hydrogen (secondary N) is 2. The highest BCUT2D eigenvalue weighted by Gasteiger charge is 2.20. The van der Waals surface area contributed by atoms with Crippen molar-refractivity contribution in [3.05, 3.63) is 110 Å². The van der Waals surface area contributed by atoms with E-state index in [1.54, 1.807) is 42.5 Å². The largest absolute Gasteiger partial charge is 0.422 e. The summed E-state index contributed by atoms with van der Waals surface area (Å²) in [6, 6.07) is 18.1. The molecule has 0 radical (unpaired) electrons. The van der Waals surface area contributed by atoms with E-state index in [1.165, 1.54) is 12.3 Å². The first kappa shape index (κ1) is 24.4. The summed E-state index contributed by atoms with van der Waals surface area (Å²) in [6.07, 6.45) is 1.26. The highest BCUT2D eigenvalue weighted by Crippen LogP contribution is 2.24. The smallest absolute Gasteiger partial charge is 0.349 e. The lowest BCUT2D eigenvalue weighted by atomic mass is 10.1. The maximum Gasteiger partial charge on any atom is 0.349 e. The highest BCUT2D eigenvalue weighted by atomic mass is 79.9. The molecule has 11 heteroatoms. The molecule has 0 bridgehead atoms. The van der Waals surface area contributed by atoms with Crippen LogP contribution < -0.4 is 15.7 Å². The molecule has 0 atom stereocenters. The van der Waals surface area contributed by atoms with Crippen LogP contribution in [0.5, 0.6) is 5.75 Å². The Bertz CT molecular complexity index is 1560. The molecule has 36 heavy (non-hydrogen) atoms. The number of nitrogens with zero attached hydrogens (tertiary/aromatic N) is 3. The zero-order chi connectivity index (χ0) is 25.7. The van der Waals surface area contributed by atoms with Gasteiger partial charge in [-0.3, -0.25) is 9.78 Å². The summed E-state index contributed by atoms with van der Waals surface area (Å²) < 4.78 is 33.7. The molecule has 1 heterocycles. The fraction of sp³-hybridized carbons (Fsp3) is 0. The van der Waals surface area contributed by atoms with Crippen LogP contribution in [-0.4, -0.2) is 22.2 Å². The van der Waals surface area contributed by atoms with Crippen molar-refractivity contribution in [2.45, 2.75) is 0 Å². The second kappa shape index (κ2) is 10.7. The molecule has 4 rings (SSSR count). The minimum Gasteiger partial charge on any atom is -0.422 e. The Balaban J connectivity index is 1.61. The Morgan fingerprint density at radius 3 is 2.53 bits per heavy atom. The van der Waals surface area contributed by atoms with Crippen LogP contribution in [0.2, 0.25) is 0 Å². The molecule has 0 amide bonds. The topological polar surface area (TPSA) is 120 Å². The number of H-pyrrole nitrogens is 1. The molecule has 0 saturated carbocycles. The second-order valence-corrected chi connectivity index (χ2v) is 8.07. The normalized spacial score (nSPS) is 10.7. The van der Waals surface area contributed by atoms with Crippen molar-refractivity contribution in [3.63, 3.8) is 0 Å². The summed E-state index contributed by atoms with van der Waals surface area (Å²) in [6.45, 7) is 0. The number of aromatic amines is 1. The third-order valence-electron chi connectivity index (χ3n) is 4.79. The van der Waals surface area contributed by atoms with Crippen LogP contribution in [0.4, 0.5) is 14.7 Å². The van der Waals surface area contributed by atoms with Crippen LogP contribution in [0.15, 0.2) is 81.1 Å². The molecule has 0 aliphatic rings. The van der Waals surface area contributed by atoms with E-state index in [2.05, 4.69) is 36.4 Å². The van der Waals surface area contributed by atoms with E-state index >= 15 is 0 Å². The van der Waals surface area contributed by atoms with E-state index in [1.807, 2.05) is 6.07 Å². The van der Waals surface area contributed by atoms with Gasteiger partial charge in [-0.15, -0.1) is 0 Å². The van der Waals surface area contributed by atoms with Crippen molar-refractivity contribution in [2.75, 3.05) is 5.43 Å². The molecule has 0 spiro atoms. The standard InChI is InChI=1S/C25H14BrF2N5O3/c26-16-9-10-20(36-24(35)21-18(27)7-4-8-19(21)28)15(11-16)13-30-33-25-31-22(14-5-2-1-3-6-14)17(12-29)23(34)32-25/h1-11,13H,(H2,31,32,33,34). The number of benzene rings is 3. The summed E-state index contributed by atoms with van der Waals surface area (Å²) in [5.41, 5.74) is 1.92. The monoisotopic (exact) mass is 549 g/mol. The van der Waals surface area contributed by atoms with Gasteiger partial charge in [0.1, 0.15) is 34.6 Å². The fourth-order valence-corrected chi connectivity index (χ4v) is 3.53. The maximum atomic E-state index is 14.0. The highest BCUT2D eigenvalue weighted by molar-refractivity contribution is 9.10. The van der Waals surface area contributed by atoms with Crippen LogP contribution in [0.25, 0.3) is 11.3 Å². The van der Waals surface area contributed by atoms with Crippen molar-refractivity contribution in [1.29, 1.82) is 5.26 Å². The van der Waals surface area contributed by atoms with Gasteiger partial charge in [-0.1, -0.05) is 52.3 Å². The summed E-state index contributed by atoms with van der Waals surface area (Å²) >= 11 is 3.30. The maximum absolute atomic E-state index is 14.0. The van der Waals surface area contributed by atoms with Gasteiger partial charge < -0.3 is 4.74 Å². The molecule has 0 unspecified atom stereocenters. The average molecular weight is 550 g/mol. The first-order valence-electron chi connectivity index (χ1n) is 10.2. The molecular formula is C25H14BrF2N5O3. The Morgan fingerprint density at radius 2 is 1.83 bits per heavy atom. The van der Waals surface area contributed by atoms with Gasteiger partial charge in [0.05, 0.1) is 11.9 Å². The zero-order valence-corrected chi connectivity index (χ0v) is 19.7. The van der Waals surface area contributed by atoms with Gasteiger partial charge in [0.2, 0.25) is 5.95 Å². The minimum atomic E-state index is -1.22. The number of hydrazone groups is 1. The number of carbonyl (C=O) groups excluding carboxylic acids is 1. The van der Waals surface area contributed by atoms with Gasteiger partial charge in [-0.2, -0.15) is 10.4 Å². The van der Waals surface area contributed by atoms with Gasteiger partial charge in [-0.25, -0.2) is 24.0 Å². The van der Waals surface area contributed by atoms with E-state index in [4.69, 9.17) is 4.74 Å². The van der Waals surface area contributed by atoms with Gasteiger partial charge in [0.15, 0.2) is 0 Å². The number of hydrogen-bond acceptors (Lipinski definition) is 7. The second-order valence-electron chi connectivity index (χ2n) is 7.15. The van der Waals surface area contributed by atoms with Crippen LogP contribution in [0, 0.1) is 23.0 Å². The van der Waals surface area contributed by atoms with E-state index in [0.717, 1.165) is 18.2 Å². The van der Waals surface area contributed by atoms with E-state index in [0.29, 0.717) is 10.0 Å². The van der Waals surface area contributed by atoms with Crippen molar-refractivity contribution in [2.24, 2.45) is 5.10 Å². The van der Waals surface area contributed by atoms with Crippen molar-refractivity contribution >= 4 is 34.1 Å². The minimum absolute atomic E-state index is 0.0253. The Hall–Kier alpha value is -4.69. The third-order valence-corrected chi connectivity index (χ3v) is 5.29. The fourth-order valence-electron chi connectivity index (χ4n) is 3.15. The zero-order valence-electron chi connectivity index (χ0n) is 18.1. The summed E-state index contributed by atoms with van der Waals surface area (Å²) in [5, 5.41) is 13.4. The lowest BCUT2D eigenvalue weighted by Gasteiger charge is -2.09. The van der Waals surface area contributed by atoms with Crippen molar-refractivity contribution in [1.82, 2.24) is 9.97 Å². The van der Waals surface area contributed by atoms with E-state index < -0.39 is 28.7 Å². The molecule has 8 nitrogen and oxygen atoms in total. The number of esters is 1. The van der Waals surface area contributed by atoms with E-state index in [9.17, 15) is 23.6 Å². The number of anilines is 1. The van der Waals surface area contributed by atoms with Crippen LogP contribution >= 0.6 is 15.9 Å². The SMILES string of the molecule is N#Cc1c(-c2ccccc2)nc(NN=Cc2cc(Br)ccc2OC(=O)c2c(F)cccc2F)[nH]c1=O. The molecule has 0 aliphatic heterocycles. The molecule has 2 N–H and O–H groups in total. The number of ether oxygens (including phenoxy) is 1. The van der Waals surface area contributed by atoms with Gasteiger partial charge >= 0.3 is 5.97 Å². The number of carbonyl (C=O) groups is 1. The first-order valence-corrected chi connectivity index (χ1v) is 11.0. The van der Waals surface area contributed by atoms with Crippen LogP contribution in [0.3, 0.4) is 0 Å². The number of nitriles is 1. The molecule has 1 aromatic heterocycles. The first-order chi connectivity index (χ1) is 17.4. The lowest BCUT2D eigenvalue weighted by Crippen LogP contribution is -2.16. The number of hydrogen-bond donors (Lipinski definition) is 2. The summed E-state index contributed by atoms with van der Waals surface area (Å²) in [4.78, 5) is 31.5. The molecule has 178 valence electrons. The summed E-state index contributed by atoms with van der Waals surface area (Å²) in [5.74, 6) is -3.40. The van der Waals surface area contributed by atoms with Crippen LogP contribution in [-0.2, 0) is 0 Å². The molecule has 4 aromatic rings. The number of halogens is 3. The van der Waals surface area contributed by atoms with Crippen molar-refractivity contribution < 1.29 is 18.3 Å². The van der Waals surface area contributed by atoms with Gasteiger partial charge in [-0.05, 0) is 30.3 Å². The Labute approximate surface area is 211 Å². The van der Waals surface area contributed by atoms with Crippen LogP contribution in [0.1, 0.15) is 21.5 Å². The Kier molecular flexibility index (Phi) is 7.27.